The first kappa shape index (κ1) is 31.1. The summed E-state index contributed by atoms with van der Waals surface area (Å²) in [5, 5.41) is 3.38. The van der Waals surface area contributed by atoms with Gasteiger partial charge >= 0.3 is 0 Å². The number of hydrogen-bond donors (Lipinski definition) is 1. The molecule has 0 fully saturated rings. The van der Waals surface area contributed by atoms with Crippen LogP contribution in [-0.2, 0) is 0 Å². The molecular formula is C24H45N. The van der Waals surface area contributed by atoms with Gasteiger partial charge in [0.25, 0.3) is 0 Å². The van der Waals surface area contributed by atoms with Crippen LogP contribution in [-0.4, -0.2) is 6.54 Å². The first-order valence-corrected chi connectivity index (χ1v) is 9.74. The maximum atomic E-state index is 3.77. The van der Waals surface area contributed by atoms with Crippen LogP contribution in [0.5, 0.6) is 0 Å². The fourth-order valence-electron chi connectivity index (χ4n) is 1.39. The average molecular weight is 348 g/mol. The number of rotatable bonds is 5. The van der Waals surface area contributed by atoms with Crippen LogP contribution < -0.4 is 5.32 Å². The summed E-state index contributed by atoms with van der Waals surface area (Å²) in [6.45, 7) is 26.4. The molecule has 1 aromatic rings. The zero-order valence-corrected chi connectivity index (χ0v) is 18.6. The Morgan fingerprint density at radius 1 is 0.960 bits per heavy atom. The lowest BCUT2D eigenvalue weighted by Gasteiger charge is -2.06. The van der Waals surface area contributed by atoms with Crippen molar-refractivity contribution in [2.45, 2.75) is 75.2 Å². The Morgan fingerprint density at radius 3 is 1.68 bits per heavy atom. The van der Waals surface area contributed by atoms with Gasteiger partial charge in [0.1, 0.15) is 0 Å². The van der Waals surface area contributed by atoms with E-state index >= 15 is 0 Å². The molecule has 0 aromatic heterocycles. The number of aryl methyl sites for hydroxylation is 1. The first-order chi connectivity index (χ1) is 12.1. The van der Waals surface area contributed by atoms with E-state index in [9.17, 15) is 0 Å². The summed E-state index contributed by atoms with van der Waals surface area (Å²) in [4.78, 5) is 0. The lowest BCUT2D eigenvalue weighted by molar-refractivity contribution is 1.02. The molecule has 1 N–H and O–H groups in total. The monoisotopic (exact) mass is 347 g/mol. The van der Waals surface area contributed by atoms with Crippen molar-refractivity contribution < 1.29 is 0 Å². The molecule has 25 heavy (non-hydrogen) atoms. The summed E-state index contributed by atoms with van der Waals surface area (Å²) in [5.74, 6) is 0. The van der Waals surface area contributed by atoms with Gasteiger partial charge in [0, 0.05) is 12.2 Å². The lowest BCUT2D eigenvalue weighted by Crippen LogP contribution is -2.01. The van der Waals surface area contributed by atoms with Crippen LogP contribution >= 0.6 is 0 Å². The lowest BCUT2D eigenvalue weighted by atomic mass is 10.1. The molecule has 0 saturated heterocycles. The minimum Gasteiger partial charge on any atom is -0.385 e. The van der Waals surface area contributed by atoms with E-state index in [1.807, 2.05) is 47.6 Å². The standard InChI is InChI=1S/C14H19N.C3H8.C3H6.2C2H6/c1-4-13(5-2)10-11-15-14-8-6-12(3)7-9-14;2*1-3-2;2*1-2/h4-9,15H,1,10-11H2,2-3H3;3H2,1-2H3;3H,1H2,2H3;2*1-2H3/b13-5+;;;;. The Hall–Kier alpha value is -1.76. The number of hydrogen-bond acceptors (Lipinski definition) is 1. The molecule has 1 rings (SSSR count). The van der Waals surface area contributed by atoms with Crippen LogP contribution in [0.3, 0.4) is 0 Å². The van der Waals surface area contributed by atoms with Crippen LogP contribution in [0.2, 0.25) is 0 Å². The molecule has 0 heterocycles. The van der Waals surface area contributed by atoms with Gasteiger partial charge in [-0.05, 0) is 39.3 Å². The molecule has 1 heteroatoms. The maximum absolute atomic E-state index is 3.77. The minimum atomic E-state index is 0.953. The van der Waals surface area contributed by atoms with Crippen LogP contribution in [0.25, 0.3) is 0 Å². The number of allylic oxidation sites excluding steroid dienone is 3. The Kier molecular flexibility index (Phi) is 37.5. The second-order valence-electron chi connectivity index (χ2n) is 4.73. The van der Waals surface area contributed by atoms with E-state index in [2.05, 4.69) is 69.6 Å². The molecule has 0 radical (unpaired) electrons. The van der Waals surface area contributed by atoms with Crippen molar-refractivity contribution in [2.24, 2.45) is 0 Å². The molecule has 0 bridgehead atoms. The number of anilines is 1. The second-order valence-corrected chi connectivity index (χ2v) is 4.73. The number of benzene rings is 1. The minimum absolute atomic E-state index is 0.953. The molecular weight excluding hydrogens is 302 g/mol. The van der Waals surface area contributed by atoms with Crippen molar-refractivity contribution in [3.8, 4) is 0 Å². The first-order valence-electron chi connectivity index (χ1n) is 9.74. The summed E-state index contributed by atoms with van der Waals surface area (Å²) in [5.41, 5.74) is 3.76. The molecule has 0 unspecified atom stereocenters. The van der Waals surface area contributed by atoms with Crippen LogP contribution in [0, 0.1) is 6.92 Å². The molecule has 0 aliphatic carbocycles. The molecule has 0 amide bonds. The summed E-state index contributed by atoms with van der Waals surface area (Å²) < 4.78 is 0. The van der Waals surface area contributed by atoms with Crippen molar-refractivity contribution in [3.05, 3.63) is 66.8 Å². The quantitative estimate of drug-likeness (QED) is 0.415. The fourth-order valence-corrected chi connectivity index (χ4v) is 1.39. The maximum Gasteiger partial charge on any atom is 0.0340 e. The highest BCUT2D eigenvalue weighted by molar-refractivity contribution is 5.44. The van der Waals surface area contributed by atoms with Crippen LogP contribution in [0.4, 0.5) is 5.69 Å². The van der Waals surface area contributed by atoms with Crippen LogP contribution in [0.15, 0.2) is 61.2 Å². The highest BCUT2D eigenvalue weighted by Crippen LogP contribution is 2.09. The average Bonchev–Trinajstić information content (AvgIpc) is 2.65. The molecule has 0 saturated carbocycles. The van der Waals surface area contributed by atoms with Gasteiger partial charge in [-0.3, -0.25) is 0 Å². The zero-order valence-electron chi connectivity index (χ0n) is 18.6. The SMILES string of the molecule is C=C/C(=C\C)CCNc1ccc(C)cc1.C=CC.CC.CC.CCC. The third kappa shape index (κ3) is 27.4. The van der Waals surface area contributed by atoms with E-state index in [4.69, 9.17) is 0 Å². The fraction of sp³-hybridized carbons (Fsp3) is 0.500. The Labute approximate surface area is 160 Å². The zero-order chi connectivity index (χ0) is 20.5. The Morgan fingerprint density at radius 2 is 1.36 bits per heavy atom. The van der Waals surface area contributed by atoms with Crippen LogP contribution in [0.1, 0.15) is 73.8 Å². The van der Waals surface area contributed by atoms with Gasteiger partial charge in [-0.15, -0.1) is 6.58 Å². The van der Waals surface area contributed by atoms with Gasteiger partial charge in [0.05, 0.1) is 0 Å². The van der Waals surface area contributed by atoms with Crippen molar-refractivity contribution in [3.63, 3.8) is 0 Å². The molecule has 0 atom stereocenters. The highest BCUT2D eigenvalue weighted by atomic mass is 14.9. The smallest absolute Gasteiger partial charge is 0.0340 e. The summed E-state index contributed by atoms with van der Waals surface area (Å²) in [7, 11) is 0. The highest BCUT2D eigenvalue weighted by Gasteiger charge is 1.92. The predicted octanol–water partition coefficient (Wildman–Crippen LogP) is 8.59. The van der Waals surface area contributed by atoms with Crippen molar-refractivity contribution >= 4 is 5.69 Å². The molecule has 0 aliphatic rings. The van der Waals surface area contributed by atoms with E-state index in [1.165, 1.54) is 23.2 Å². The molecule has 0 aliphatic heterocycles. The van der Waals surface area contributed by atoms with E-state index in [-0.39, 0.29) is 0 Å². The van der Waals surface area contributed by atoms with E-state index in [0.717, 1.165) is 13.0 Å². The van der Waals surface area contributed by atoms with Gasteiger partial charge in [0.15, 0.2) is 0 Å². The third-order valence-electron chi connectivity index (χ3n) is 2.43. The van der Waals surface area contributed by atoms with Gasteiger partial charge in [-0.25, -0.2) is 0 Å². The van der Waals surface area contributed by atoms with Gasteiger partial charge in [-0.2, -0.15) is 0 Å². The van der Waals surface area contributed by atoms with E-state index in [0.29, 0.717) is 0 Å². The Bertz CT molecular complexity index is 385. The normalized spacial score (nSPS) is 8.44. The topological polar surface area (TPSA) is 12.0 Å². The van der Waals surface area contributed by atoms with E-state index < -0.39 is 0 Å². The van der Waals surface area contributed by atoms with Crippen molar-refractivity contribution in [1.82, 2.24) is 0 Å². The predicted molar refractivity (Wildman–Crippen MR) is 123 cm³/mol. The largest absolute Gasteiger partial charge is 0.385 e. The number of nitrogens with one attached hydrogen (secondary N) is 1. The van der Waals surface area contributed by atoms with Crippen molar-refractivity contribution in [2.75, 3.05) is 11.9 Å². The van der Waals surface area contributed by atoms with Crippen molar-refractivity contribution in [1.29, 1.82) is 0 Å². The summed E-state index contributed by atoms with van der Waals surface area (Å²) in [6.07, 6.45) is 8.04. The Balaban J connectivity index is -0.000000186. The molecule has 1 aromatic carbocycles. The second kappa shape index (κ2) is 30.2. The third-order valence-corrected chi connectivity index (χ3v) is 2.43. The van der Waals surface area contributed by atoms with Gasteiger partial charge in [0.2, 0.25) is 0 Å². The summed E-state index contributed by atoms with van der Waals surface area (Å²) in [6, 6.07) is 8.45. The van der Waals surface area contributed by atoms with Gasteiger partial charge in [-0.1, -0.05) is 96.0 Å². The molecule has 0 spiro atoms. The molecule has 146 valence electrons. The van der Waals surface area contributed by atoms with Gasteiger partial charge < -0.3 is 5.32 Å². The summed E-state index contributed by atoms with van der Waals surface area (Å²) >= 11 is 0. The van der Waals surface area contributed by atoms with E-state index in [1.54, 1.807) is 6.08 Å². The molecule has 1 nitrogen and oxygen atoms in total.